The lowest BCUT2D eigenvalue weighted by Gasteiger charge is -2.36. The molecule has 0 atom stereocenters. The van der Waals surface area contributed by atoms with Gasteiger partial charge in [-0.25, -0.2) is 0 Å². The number of hydrogen-bond donors (Lipinski definition) is 1. The van der Waals surface area contributed by atoms with Gasteiger partial charge < -0.3 is 5.32 Å². The van der Waals surface area contributed by atoms with Crippen LogP contribution in [0.1, 0.15) is 28.9 Å². The van der Waals surface area contributed by atoms with Gasteiger partial charge in [-0.05, 0) is 47.4 Å². The molecule has 1 aromatic heterocycles. The van der Waals surface area contributed by atoms with Crippen LogP contribution in [-0.2, 0) is 12.5 Å². The van der Waals surface area contributed by atoms with E-state index in [9.17, 15) is 4.79 Å². The van der Waals surface area contributed by atoms with Crippen LogP contribution in [0.25, 0.3) is 0 Å². The average molecular weight is 348 g/mol. The zero-order chi connectivity index (χ0) is 14.9. The lowest BCUT2D eigenvalue weighted by molar-refractivity contribution is 0.0836. The van der Waals surface area contributed by atoms with Crippen molar-refractivity contribution in [3.8, 4) is 0 Å². The van der Waals surface area contributed by atoms with Crippen LogP contribution in [0.3, 0.4) is 0 Å². The van der Waals surface area contributed by atoms with Crippen molar-refractivity contribution in [1.82, 2.24) is 15.1 Å². The minimum absolute atomic E-state index is 0.155. The number of halogens is 1. The molecule has 1 fully saturated rings. The summed E-state index contributed by atoms with van der Waals surface area (Å²) >= 11 is 3.46. The molecular weight excluding hydrogens is 330 g/mol. The van der Waals surface area contributed by atoms with E-state index in [1.807, 2.05) is 25.2 Å². The molecule has 1 saturated heterocycles. The molecule has 0 bridgehead atoms. The van der Waals surface area contributed by atoms with Crippen LogP contribution in [0.5, 0.6) is 0 Å². The molecule has 0 radical (unpaired) electrons. The lowest BCUT2D eigenvalue weighted by atomic mass is 9.69. The summed E-state index contributed by atoms with van der Waals surface area (Å²) in [6.07, 6.45) is 3.31. The first-order valence-corrected chi connectivity index (χ1v) is 7.93. The van der Waals surface area contributed by atoms with Crippen LogP contribution in [-0.4, -0.2) is 28.7 Å². The minimum atomic E-state index is -0.456. The number of rotatable bonds is 3. The van der Waals surface area contributed by atoms with Gasteiger partial charge in [0, 0.05) is 7.05 Å². The maximum Gasteiger partial charge on any atom is 0.192 e. The quantitative estimate of drug-likeness (QED) is 0.868. The van der Waals surface area contributed by atoms with Crippen molar-refractivity contribution < 1.29 is 4.79 Å². The molecule has 3 rings (SSSR count). The van der Waals surface area contributed by atoms with E-state index in [1.165, 1.54) is 0 Å². The first-order chi connectivity index (χ1) is 10.1. The molecule has 110 valence electrons. The second-order valence-corrected chi connectivity index (χ2v) is 6.35. The number of carbonyl (C=O) groups is 1. The second-order valence-electron chi connectivity index (χ2n) is 5.49. The van der Waals surface area contributed by atoms with Crippen LogP contribution in [0.15, 0.2) is 41.0 Å². The molecule has 0 unspecified atom stereocenters. The smallest absolute Gasteiger partial charge is 0.192 e. The molecule has 0 amide bonds. The van der Waals surface area contributed by atoms with E-state index in [1.54, 1.807) is 10.9 Å². The Hall–Kier alpha value is -1.46. The van der Waals surface area contributed by atoms with Crippen molar-refractivity contribution in [3.05, 3.63) is 52.3 Å². The third kappa shape index (κ3) is 2.45. The molecule has 2 heterocycles. The van der Waals surface area contributed by atoms with E-state index in [2.05, 4.69) is 38.5 Å². The standard InChI is InChI=1S/C16H18BrN3O/c1-20-14(13(17)11-19-20)15(21)16(7-9-18-10-8-16)12-5-3-2-4-6-12/h2-6,11,18H,7-10H2,1H3. The molecule has 1 aliphatic heterocycles. The topological polar surface area (TPSA) is 46.9 Å². The third-order valence-corrected chi connectivity index (χ3v) is 4.91. The fraction of sp³-hybridized carbons (Fsp3) is 0.375. The normalized spacial score (nSPS) is 17.6. The lowest BCUT2D eigenvalue weighted by Crippen LogP contribution is -2.46. The summed E-state index contributed by atoms with van der Waals surface area (Å²) in [5.41, 5.74) is 1.30. The summed E-state index contributed by atoms with van der Waals surface area (Å²) in [6, 6.07) is 10.1. The number of benzene rings is 1. The highest BCUT2D eigenvalue weighted by Gasteiger charge is 2.43. The monoisotopic (exact) mass is 347 g/mol. The van der Waals surface area contributed by atoms with Gasteiger partial charge in [0.15, 0.2) is 5.78 Å². The number of carbonyl (C=O) groups excluding carboxylic acids is 1. The van der Waals surface area contributed by atoms with Gasteiger partial charge in [0.2, 0.25) is 0 Å². The molecule has 1 aliphatic rings. The summed E-state index contributed by atoms with van der Waals surface area (Å²) in [7, 11) is 1.82. The fourth-order valence-corrected chi connectivity index (χ4v) is 3.68. The summed E-state index contributed by atoms with van der Waals surface area (Å²) in [5.74, 6) is 0.155. The van der Waals surface area contributed by atoms with E-state index < -0.39 is 5.41 Å². The molecule has 21 heavy (non-hydrogen) atoms. The van der Waals surface area contributed by atoms with Crippen molar-refractivity contribution in [1.29, 1.82) is 0 Å². The highest BCUT2D eigenvalue weighted by Crippen LogP contribution is 2.38. The summed E-state index contributed by atoms with van der Waals surface area (Å²) in [5, 5.41) is 7.54. The van der Waals surface area contributed by atoms with Crippen LogP contribution in [0.2, 0.25) is 0 Å². The Bertz CT molecular complexity index is 625. The Morgan fingerprint density at radius 3 is 2.52 bits per heavy atom. The summed E-state index contributed by atoms with van der Waals surface area (Å²) < 4.78 is 2.43. The third-order valence-electron chi connectivity index (χ3n) is 4.33. The van der Waals surface area contributed by atoms with Crippen molar-refractivity contribution in [2.45, 2.75) is 18.3 Å². The first kappa shape index (κ1) is 14.5. The molecule has 5 heteroatoms. The van der Waals surface area contributed by atoms with Gasteiger partial charge in [0.25, 0.3) is 0 Å². The number of aromatic nitrogens is 2. The SMILES string of the molecule is Cn1ncc(Br)c1C(=O)C1(c2ccccc2)CCNCC1. The number of piperidine rings is 1. The van der Waals surface area contributed by atoms with Gasteiger partial charge in [-0.15, -0.1) is 0 Å². The van der Waals surface area contributed by atoms with Crippen molar-refractivity contribution >= 4 is 21.7 Å². The van der Waals surface area contributed by atoms with E-state index in [-0.39, 0.29) is 5.78 Å². The number of hydrogen-bond acceptors (Lipinski definition) is 3. The Balaban J connectivity index is 2.10. The van der Waals surface area contributed by atoms with E-state index in [4.69, 9.17) is 0 Å². The molecular formula is C16H18BrN3O. The molecule has 0 spiro atoms. The van der Waals surface area contributed by atoms with Crippen LogP contribution >= 0.6 is 15.9 Å². The van der Waals surface area contributed by atoms with Crippen LogP contribution in [0, 0.1) is 0 Å². The Morgan fingerprint density at radius 2 is 1.95 bits per heavy atom. The van der Waals surface area contributed by atoms with Crippen molar-refractivity contribution in [3.63, 3.8) is 0 Å². The van der Waals surface area contributed by atoms with Gasteiger partial charge in [-0.1, -0.05) is 30.3 Å². The van der Waals surface area contributed by atoms with E-state index in [0.717, 1.165) is 36.0 Å². The number of nitrogens with one attached hydrogen (secondary N) is 1. The second kappa shape index (κ2) is 5.73. The zero-order valence-corrected chi connectivity index (χ0v) is 13.6. The number of Topliss-reactive ketones (excluding diaryl/α,β-unsaturated/α-hetero) is 1. The van der Waals surface area contributed by atoms with Crippen molar-refractivity contribution in [2.24, 2.45) is 7.05 Å². The maximum atomic E-state index is 13.3. The number of ketones is 1. The Morgan fingerprint density at radius 1 is 1.29 bits per heavy atom. The number of aryl methyl sites for hydroxylation is 1. The molecule has 2 aromatic rings. The van der Waals surface area contributed by atoms with Gasteiger partial charge in [-0.3, -0.25) is 9.48 Å². The van der Waals surface area contributed by atoms with Gasteiger partial charge in [0.1, 0.15) is 5.69 Å². The van der Waals surface area contributed by atoms with Crippen LogP contribution < -0.4 is 5.32 Å². The minimum Gasteiger partial charge on any atom is -0.317 e. The van der Waals surface area contributed by atoms with Gasteiger partial charge in [0.05, 0.1) is 16.1 Å². The summed E-state index contributed by atoms with van der Waals surface area (Å²) in [6.45, 7) is 1.71. The predicted molar refractivity (Wildman–Crippen MR) is 85.5 cm³/mol. The molecule has 1 aromatic carbocycles. The predicted octanol–water partition coefficient (Wildman–Crippen LogP) is 2.69. The molecule has 0 saturated carbocycles. The fourth-order valence-electron chi connectivity index (χ4n) is 3.15. The maximum absolute atomic E-state index is 13.3. The van der Waals surface area contributed by atoms with E-state index >= 15 is 0 Å². The first-order valence-electron chi connectivity index (χ1n) is 7.14. The highest BCUT2D eigenvalue weighted by molar-refractivity contribution is 9.10. The Kier molecular flexibility index (Phi) is 3.95. The molecule has 0 aliphatic carbocycles. The molecule has 1 N–H and O–H groups in total. The van der Waals surface area contributed by atoms with Gasteiger partial charge in [-0.2, -0.15) is 5.10 Å². The van der Waals surface area contributed by atoms with Crippen LogP contribution in [0.4, 0.5) is 0 Å². The Labute approximate surface area is 132 Å². The zero-order valence-electron chi connectivity index (χ0n) is 12.0. The van der Waals surface area contributed by atoms with Gasteiger partial charge >= 0.3 is 0 Å². The summed E-state index contributed by atoms with van der Waals surface area (Å²) in [4.78, 5) is 13.3. The molecule has 4 nitrogen and oxygen atoms in total. The average Bonchev–Trinajstić information content (AvgIpc) is 2.87. The van der Waals surface area contributed by atoms with E-state index in [0.29, 0.717) is 5.69 Å². The number of nitrogens with zero attached hydrogens (tertiary/aromatic N) is 2. The van der Waals surface area contributed by atoms with Crippen molar-refractivity contribution in [2.75, 3.05) is 13.1 Å². The highest BCUT2D eigenvalue weighted by atomic mass is 79.9. The largest absolute Gasteiger partial charge is 0.317 e.